The molecule has 1 aliphatic rings. The van der Waals surface area contributed by atoms with E-state index in [9.17, 15) is 4.79 Å². The Balaban J connectivity index is 2.72. The fourth-order valence-corrected chi connectivity index (χ4v) is 2.66. The van der Waals surface area contributed by atoms with Crippen molar-refractivity contribution in [1.29, 1.82) is 0 Å². The number of esters is 1. The van der Waals surface area contributed by atoms with E-state index in [2.05, 4.69) is 13.8 Å². The lowest BCUT2D eigenvalue weighted by molar-refractivity contribution is -0.150. The summed E-state index contributed by atoms with van der Waals surface area (Å²) in [6.45, 7) is 8.51. The molecule has 0 radical (unpaired) electrons. The Labute approximate surface area is 98.7 Å². The zero-order valence-electron chi connectivity index (χ0n) is 11.2. The van der Waals surface area contributed by atoms with E-state index in [-0.39, 0.29) is 16.9 Å². The molecular formula is C13H25NO2. The number of carbonyl (C=O) groups is 1. The Morgan fingerprint density at radius 3 is 2.31 bits per heavy atom. The van der Waals surface area contributed by atoms with E-state index in [1.807, 2.05) is 13.8 Å². The molecule has 0 aliphatic heterocycles. The normalized spacial score (nSPS) is 30.1. The standard InChI is InChI=1S/C13H25NO2/c1-9(2)10-6-13(7-10,12(3,4)14)8-11(15)16-5/h9-10H,6-8,14H2,1-5H3. The molecular weight excluding hydrogens is 202 g/mol. The quantitative estimate of drug-likeness (QED) is 0.750. The van der Waals surface area contributed by atoms with Crippen molar-refractivity contribution < 1.29 is 9.53 Å². The van der Waals surface area contributed by atoms with Crippen LogP contribution in [-0.2, 0) is 9.53 Å². The van der Waals surface area contributed by atoms with Gasteiger partial charge in [0.2, 0.25) is 0 Å². The largest absolute Gasteiger partial charge is 0.469 e. The second kappa shape index (κ2) is 4.36. The molecule has 0 spiro atoms. The molecule has 0 bridgehead atoms. The number of rotatable bonds is 4. The zero-order valence-corrected chi connectivity index (χ0v) is 11.2. The number of hydrogen-bond donors (Lipinski definition) is 1. The van der Waals surface area contributed by atoms with Gasteiger partial charge >= 0.3 is 5.97 Å². The molecule has 0 unspecified atom stereocenters. The van der Waals surface area contributed by atoms with Crippen molar-refractivity contribution in [2.24, 2.45) is 23.0 Å². The summed E-state index contributed by atoms with van der Waals surface area (Å²) in [4.78, 5) is 11.5. The Bertz CT molecular complexity index is 260. The molecule has 1 fully saturated rings. The van der Waals surface area contributed by atoms with E-state index in [0.29, 0.717) is 18.3 Å². The van der Waals surface area contributed by atoms with Gasteiger partial charge in [0.1, 0.15) is 0 Å². The van der Waals surface area contributed by atoms with E-state index in [0.717, 1.165) is 12.8 Å². The van der Waals surface area contributed by atoms with Gasteiger partial charge in [-0.25, -0.2) is 0 Å². The Morgan fingerprint density at radius 1 is 1.50 bits per heavy atom. The van der Waals surface area contributed by atoms with Crippen LogP contribution in [0, 0.1) is 17.3 Å². The maximum absolute atomic E-state index is 11.5. The van der Waals surface area contributed by atoms with Gasteiger partial charge in [0.25, 0.3) is 0 Å². The first-order valence-corrected chi connectivity index (χ1v) is 6.07. The first-order valence-electron chi connectivity index (χ1n) is 6.07. The van der Waals surface area contributed by atoms with Gasteiger partial charge in [-0.15, -0.1) is 0 Å². The minimum Gasteiger partial charge on any atom is -0.469 e. The van der Waals surface area contributed by atoms with Crippen LogP contribution < -0.4 is 5.73 Å². The third kappa shape index (κ3) is 2.40. The molecule has 0 heterocycles. The minimum atomic E-state index is -0.313. The van der Waals surface area contributed by atoms with Crippen molar-refractivity contribution in [2.45, 2.75) is 52.5 Å². The van der Waals surface area contributed by atoms with E-state index >= 15 is 0 Å². The predicted molar refractivity (Wildman–Crippen MR) is 64.9 cm³/mol. The minimum absolute atomic E-state index is 0.0605. The van der Waals surface area contributed by atoms with Crippen molar-refractivity contribution in [3.8, 4) is 0 Å². The predicted octanol–water partition coefficient (Wildman–Crippen LogP) is 2.34. The van der Waals surface area contributed by atoms with Crippen LogP contribution in [-0.4, -0.2) is 18.6 Å². The summed E-state index contributed by atoms with van der Waals surface area (Å²) in [5.74, 6) is 1.24. The Kier molecular flexibility index (Phi) is 3.68. The maximum Gasteiger partial charge on any atom is 0.306 e. The monoisotopic (exact) mass is 227 g/mol. The van der Waals surface area contributed by atoms with Gasteiger partial charge < -0.3 is 10.5 Å². The first-order chi connectivity index (χ1) is 7.22. The van der Waals surface area contributed by atoms with Crippen LogP contribution in [0.2, 0.25) is 0 Å². The molecule has 94 valence electrons. The van der Waals surface area contributed by atoms with Gasteiger partial charge in [0.05, 0.1) is 13.5 Å². The molecule has 0 aromatic carbocycles. The van der Waals surface area contributed by atoms with Gasteiger partial charge in [-0.05, 0) is 43.9 Å². The second-order valence-corrected chi connectivity index (χ2v) is 6.17. The summed E-state index contributed by atoms with van der Waals surface area (Å²) in [6.07, 6.45) is 2.54. The van der Waals surface area contributed by atoms with Crippen LogP contribution in [0.3, 0.4) is 0 Å². The number of nitrogens with two attached hydrogens (primary N) is 1. The topological polar surface area (TPSA) is 52.3 Å². The highest BCUT2D eigenvalue weighted by Gasteiger charge is 2.53. The third-order valence-corrected chi connectivity index (χ3v) is 4.33. The first kappa shape index (κ1) is 13.5. The summed E-state index contributed by atoms with van der Waals surface area (Å²) < 4.78 is 4.78. The number of methoxy groups -OCH3 is 1. The van der Waals surface area contributed by atoms with Crippen LogP contribution in [0.25, 0.3) is 0 Å². The SMILES string of the molecule is COC(=O)CC1(C(C)(C)N)CC(C(C)C)C1. The lowest BCUT2D eigenvalue weighted by Gasteiger charge is -2.56. The molecule has 3 nitrogen and oxygen atoms in total. The highest BCUT2D eigenvalue weighted by atomic mass is 16.5. The lowest BCUT2D eigenvalue weighted by atomic mass is 9.50. The van der Waals surface area contributed by atoms with Gasteiger partial charge in [0.15, 0.2) is 0 Å². The summed E-state index contributed by atoms with van der Waals surface area (Å²) in [5, 5.41) is 0. The Hall–Kier alpha value is -0.570. The van der Waals surface area contributed by atoms with Gasteiger partial charge in [0, 0.05) is 5.54 Å². The molecule has 0 saturated heterocycles. The summed E-state index contributed by atoms with van der Waals surface area (Å²) in [5.41, 5.74) is 5.86. The van der Waals surface area contributed by atoms with Gasteiger partial charge in [-0.1, -0.05) is 13.8 Å². The maximum atomic E-state index is 11.5. The third-order valence-electron chi connectivity index (χ3n) is 4.33. The van der Waals surface area contributed by atoms with Crippen molar-refractivity contribution >= 4 is 5.97 Å². The average molecular weight is 227 g/mol. The number of hydrogen-bond acceptors (Lipinski definition) is 3. The molecule has 0 aromatic rings. The van der Waals surface area contributed by atoms with Crippen LogP contribution in [0.15, 0.2) is 0 Å². The average Bonchev–Trinajstić information content (AvgIpc) is 2.07. The second-order valence-electron chi connectivity index (χ2n) is 6.17. The summed E-state index contributed by atoms with van der Waals surface area (Å²) in [7, 11) is 1.44. The van der Waals surface area contributed by atoms with Crippen LogP contribution in [0.4, 0.5) is 0 Å². The highest BCUT2D eigenvalue weighted by molar-refractivity contribution is 5.70. The van der Waals surface area contributed by atoms with Crippen molar-refractivity contribution in [3.63, 3.8) is 0 Å². The molecule has 0 atom stereocenters. The van der Waals surface area contributed by atoms with Crippen molar-refractivity contribution in [2.75, 3.05) is 7.11 Å². The summed E-state index contributed by atoms with van der Waals surface area (Å²) >= 11 is 0. The van der Waals surface area contributed by atoms with E-state index in [1.54, 1.807) is 0 Å². The lowest BCUT2D eigenvalue weighted by Crippen LogP contribution is -2.59. The van der Waals surface area contributed by atoms with Crippen LogP contribution in [0.1, 0.15) is 47.0 Å². The van der Waals surface area contributed by atoms with Gasteiger partial charge in [-0.2, -0.15) is 0 Å². The van der Waals surface area contributed by atoms with Crippen molar-refractivity contribution in [3.05, 3.63) is 0 Å². The van der Waals surface area contributed by atoms with Crippen LogP contribution in [0.5, 0.6) is 0 Å². The molecule has 1 rings (SSSR count). The van der Waals surface area contributed by atoms with Gasteiger partial charge in [-0.3, -0.25) is 4.79 Å². The molecule has 2 N–H and O–H groups in total. The smallest absolute Gasteiger partial charge is 0.306 e. The summed E-state index contributed by atoms with van der Waals surface area (Å²) in [6, 6.07) is 0. The van der Waals surface area contributed by atoms with E-state index in [4.69, 9.17) is 10.5 Å². The van der Waals surface area contributed by atoms with E-state index in [1.165, 1.54) is 7.11 Å². The molecule has 0 aromatic heterocycles. The van der Waals surface area contributed by atoms with Crippen LogP contribution >= 0.6 is 0 Å². The molecule has 1 saturated carbocycles. The van der Waals surface area contributed by atoms with Crippen molar-refractivity contribution in [1.82, 2.24) is 0 Å². The number of ether oxygens (including phenoxy) is 1. The fraction of sp³-hybridized carbons (Fsp3) is 0.923. The molecule has 16 heavy (non-hydrogen) atoms. The number of carbonyl (C=O) groups excluding carboxylic acids is 1. The van der Waals surface area contributed by atoms with E-state index < -0.39 is 0 Å². The molecule has 0 amide bonds. The molecule has 1 aliphatic carbocycles. The highest BCUT2D eigenvalue weighted by Crippen LogP contribution is 2.56. The fourth-order valence-electron chi connectivity index (χ4n) is 2.66. The zero-order chi connectivity index (χ0) is 12.6. The Morgan fingerprint density at radius 2 is 2.00 bits per heavy atom. The molecule has 3 heteroatoms.